The van der Waals surface area contributed by atoms with Crippen LogP contribution in [0.1, 0.15) is 52.0 Å². The van der Waals surface area contributed by atoms with Gasteiger partial charge < -0.3 is 44.5 Å². The van der Waals surface area contributed by atoms with Gasteiger partial charge in [0.2, 0.25) is 17.7 Å². The Kier molecular flexibility index (Phi) is 42.4. The van der Waals surface area contributed by atoms with Crippen LogP contribution < -0.4 is 25.4 Å². The molecular weight excluding hydrogens is 761 g/mol. The number of ether oxygens (including phenoxy) is 5. The minimum Gasteiger partial charge on any atom is -0.497 e. The molecule has 1 aliphatic heterocycles. The monoisotopic (exact) mass is 837 g/mol. The molecule has 1 atom stereocenters. The first-order chi connectivity index (χ1) is 28.9. The molecule has 0 radical (unpaired) electrons. The zero-order valence-electron chi connectivity index (χ0n) is 38.2. The van der Waals surface area contributed by atoms with Gasteiger partial charge in [0.05, 0.1) is 26.9 Å². The molecule has 1 fully saturated rings. The quantitative estimate of drug-likeness (QED) is 0.107. The number of likely N-dealkylation sites (tertiary alicyclic amines) is 1. The fourth-order valence-electron chi connectivity index (χ4n) is 4.13. The van der Waals surface area contributed by atoms with Gasteiger partial charge in [-0.1, -0.05) is 89.2 Å². The summed E-state index contributed by atoms with van der Waals surface area (Å²) >= 11 is 0. The normalized spacial score (nSPS) is 11.7. The summed E-state index contributed by atoms with van der Waals surface area (Å²) in [5, 5.41) is 8.06. The number of nitrogens with zero attached hydrogens (tertiary/aromatic N) is 1. The largest absolute Gasteiger partial charge is 0.497 e. The fourth-order valence-corrected chi connectivity index (χ4v) is 4.13. The Morgan fingerprint density at radius 2 is 1.22 bits per heavy atom. The number of hydrogen-bond acceptors (Lipinski definition) is 9. The Morgan fingerprint density at radius 1 is 0.700 bits per heavy atom. The number of para-hydroxylation sites is 1. The average molecular weight is 837 g/mol. The Hall–Kier alpha value is -5.43. The number of carbonyl (C=O) groups excluding carboxylic acids is 3. The van der Waals surface area contributed by atoms with E-state index in [9.17, 15) is 14.4 Å². The number of likely N-dealkylation sites (N-methyl/N-ethyl adjacent to an activating group) is 1. The lowest BCUT2D eigenvalue weighted by molar-refractivity contribution is -0.127. The highest BCUT2D eigenvalue weighted by Gasteiger charge is 2.18. The van der Waals surface area contributed by atoms with E-state index in [2.05, 4.69) is 65.9 Å². The zero-order chi connectivity index (χ0) is 45.8. The third kappa shape index (κ3) is 36.9. The van der Waals surface area contributed by atoms with Crippen LogP contribution >= 0.6 is 0 Å². The summed E-state index contributed by atoms with van der Waals surface area (Å²) in [7, 11) is 10.1. The number of benzene rings is 3. The Balaban J connectivity index is -0.000000652. The lowest BCUT2D eigenvalue weighted by atomic mass is 10.0. The first-order valence-electron chi connectivity index (χ1n) is 20.1. The van der Waals surface area contributed by atoms with Crippen LogP contribution in [0.25, 0.3) is 0 Å². The number of rotatable bonds is 14. The average Bonchev–Trinajstić information content (AvgIpc) is 3.30. The van der Waals surface area contributed by atoms with Crippen molar-refractivity contribution >= 4 is 29.1 Å². The van der Waals surface area contributed by atoms with Gasteiger partial charge in [-0.2, -0.15) is 0 Å². The van der Waals surface area contributed by atoms with E-state index in [1.165, 1.54) is 43.1 Å². The van der Waals surface area contributed by atoms with Gasteiger partial charge in [-0.05, 0) is 92.4 Å². The van der Waals surface area contributed by atoms with Crippen molar-refractivity contribution in [2.75, 3.05) is 92.7 Å². The lowest BCUT2D eigenvalue weighted by Crippen LogP contribution is -2.37. The fraction of sp³-hybridized carbons (Fsp3) is 0.438. The molecule has 3 aromatic rings. The topological polar surface area (TPSA) is 137 Å². The van der Waals surface area contributed by atoms with Crippen molar-refractivity contribution in [1.29, 1.82) is 0 Å². The number of aryl methyl sites for hydroxylation is 1. The van der Waals surface area contributed by atoms with Gasteiger partial charge in [-0.25, -0.2) is 0 Å². The van der Waals surface area contributed by atoms with Crippen LogP contribution in [0.2, 0.25) is 0 Å². The molecule has 1 aliphatic rings. The maximum absolute atomic E-state index is 11.1. The third-order valence-electron chi connectivity index (χ3n) is 7.75. The Labute approximate surface area is 362 Å². The van der Waals surface area contributed by atoms with Gasteiger partial charge in [0, 0.05) is 59.9 Å². The molecular formula is C48H76N4O8. The molecule has 0 unspecified atom stereocenters. The number of nitrogens with one attached hydrogen (secondary N) is 3. The Morgan fingerprint density at radius 3 is 1.60 bits per heavy atom. The molecule has 12 nitrogen and oxygen atoms in total. The highest BCUT2D eigenvalue weighted by atomic mass is 16.5. The van der Waals surface area contributed by atoms with Crippen LogP contribution in [0.4, 0.5) is 11.4 Å². The molecule has 1 saturated heterocycles. The molecule has 0 aliphatic carbocycles. The van der Waals surface area contributed by atoms with E-state index >= 15 is 0 Å². The number of amides is 3. The molecule has 3 N–H and O–H groups in total. The summed E-state index contributed by atoms with van der Waals surface area (Å²) in [6, 6.07) is 25.1. The summed E-state index contributed by atoms with van der Waals surface area (Å²) in [4.78, 5) is 33.8. The summed E-state index contributed by atoms with van der Waals surface area (Å²) in [6.45, 7) is 23.0. The second kappa shape index (κ2) is 43.2. The van der Waals surface area contributed by atoms with Gasteiger partial charge in [-0.15, -0.1) is 0 Å². The van der Waals surface area contributed by atoms with Crippen molar-refractivity contribution in [3.05, 3.63) is 122 Å². The van der Waals surface area contributed by atoms with E-state index in [1.807, 2.05) is 97.7 Å². The van der Waals surface area contributed by atoms with Crippen LogP contribution in [0, 0.1) is 12.8 Å². The second-order valence-electron chi connectivity index (χ2n) is 12.7. The summed E-state index contributed by atoms with van der Waals surface area (Å²) < 4.78 is 24.5. The molecule has 60 heavy (non-hydrogen) atoms. The molecule has 3 aromatic carbocycles. The predicted molar refractivity (Wildman–Crippen MR) is 250 cm³/mol. The number of methoxy groups -OCH3 is 4. The molecule has 0 spiro atoms. The van der Waals surface area contributed by atoms with Gasteiger partial charge in [0.1, 0.15) is 18.1 Å². The van der Waals surface area contributed by atoms with Gasteiger partial charge in [-0.3, -0.25) is 14.4 Å². The molecule has 1 heterocycles. The highest BCUT2D eigenvalue weighted by Crippen LogP contribution is 2.16. The van der Waals surface area contributed by atoms with Crippen LogP contribution in [0.15, 0.2) is 117 Å². The van der Waals surface area contributed by atoms with E-state index in [-0.39, 0.29) is 17.7 Å². The predicted octanol–water partition coefficient (Wildman–Crippen LogP) is 9.00. The van der Waals surface area contributed by atoms with Crippen LogP contribution in [-0.2, 0) is 28.6 Å². The van der Waals surface area contributed by atoms with Crippen LogP contribution in [0.3, 0.4) is 0 Å². The molecule has 4 rings (SSSR count). The van der Waals surface area contributed by atoms with Crippen molar-refractivity contribution < 1.29 is 38.1 Å². The van der Waals surface area contributed by atoms with Gasteiger partial charge in [0.25, 0.3) is 0 Å². The Bertz CT molecular complexity index is 1480. The van der Waals surface area contributed by atoms with Crippen molar-refractivity contribution in [3.8, 4) is 11.5 Å². The van der Waals surface area contributed by atoms with Crippen molar-refractivity contribution in [2.24, 2.45) is 5.92 Å². The van der Waals surface area contributed by atoms with E-state index in [1.54, 1.807) is 35.5 Å². The number of carbonyl (C=O) groups is 3. The van der Waals surface area contributed by atoms with Crippen molar-refractivity contribution in [3.63, 3.8) is 0 Å². The molecule has 0 saturated carbocycles. The van der Waals surface area contributed by atoms with Crippen molar-refractivity contribution in [2.45, 2.75) is 53.4 Å². The smallest absolute Gasteiger partial charge is 0.247 e. The minimum atomic E-state index is -0.182. The SMILES string of the molecule is C=CC(=O)N1CCC[C@H](C)C1.C=CC(=O)NC.C=CC(=O)Nc1ccc(C)cc1.CCCC.CNc1ccc(OCCOC)cc1.COCCOC.COc1ccccc1. The molecule has 0 aromatic heterocycles. The van der Waals surface area contributed by atoms with Crippen LogP contribution in [-0.4, -0.2) is 105 Å². The standard InChI is InChI=1S/C10H15NO2.C10H11NO.C9H15NO.C7H8O.C4H7NO.C4H10O2.C4H10/c1-11-9-3-5-10(6-4-9)13-8-7-12-2;1-3-10(12)11-9-6-4-8(2)5-7-9;1-3-9(11)10-6-4-5-8(2)7-10;1-8-7-5-3-2-4-6-7;1-3-4(6)5-2;1-5-3-4-6-2;1-3-4-2/h3-6,11H,7-8H2,1-2H3;3-7H,1H2,2H3,(H,11,12);3,8H,1,4-7H2,2H3;2-6H,1H3;3H,1H2,2H3,(H,5,6);3-4H2,1-2H3;3-4H2,1-2H3/t;;8-;;;;/m..0..../s1. The molecule has 336 valence electrons. The van der Waals surface area contributed by atoms with Crippen LogP contribution in [0.5, 0.6) is 11.5 Å². The maximum Gasteiger partial charge on any atom is 0.247 e. The van der Waals surface area contributed by atoms with E-state index < -0.39 is 0 Å². The number of anilines is 2. The maximum atomic E-state index is 11.1. The summed E-state index contributed by atoms with van der Waals surface area (Å²) in [6.07, 6.45) is 8.90. The molecule has 0 bridgehead atoms. The van der Waals surface area contributed by atoms with E-state index in [4.69, 9.17) is 14.2 Å². The summed E-state index contributed by atoms with van der Waals surface area (Å²) in [5.41, 5.74) is 3.05. The number of piperidine rings is 1. The first-order valence-corrected chi connectivity index (χ1v) is 20.1. The summed E-state index contributed by atoms with van der Waals surface area (Å²) in [5.74, 6) is 2.20. The number of unbranched alkanes of at least 4 members (excludes halogenated alkanes) is 1. The van der Waals surface area contributed by atoms with Gasteiger partial charge >= 0.3 is 0 Å². The minimum absolute atomic E-state index is 0.0801. The highest BCUT2D eigenvalue weighted by molar-refractivity contribution is 5.98. The number of hydrogen-bond donors (Lipinski definition) is 3. The van der Waals surface area contributed by atoms with E-state index in [0.29, 0.717) is 32.3 Å². The molecule has 12 heteroatoms. The van der Waals surface area contributed by atoms with E-state index in [0.717, 1.165) is 42.4 Å². The zero-order valence-corrected chi connectivity index (χ0v) is 38.2. The molecule has 3 amide bonds. The van der Waals surface area contributed by atoms with Gasteiger partial charge in [0.15, 0.2) is 0 Å². The first kappa shape index (κ1) is 58.9. The lowest BCUT2D eigenvalue weighted by Gasteiger charge is -2.29. The second-order valence-corrected chi connectivity index (χ2v) is 12.7. The third-order valence-corrected chi connectivity index (χ3v) is 7.75. The van der Waals surface area contributed by atoms with Crippen molar-refractivity contribution in [1.82, 2.24) is 10.2 Å².